The van der Waals surface area contributed by atoms with Crippen LogP contribution >= 0.6 is 33.0 Å². The molecule has 0 saturated carbocycles. The molecule has 1 aromatic heterocycles. The molecule has 3 rings (SSSR count). The highest BCUT2D eigenvalue weighted by molar-refractivity contribution is 8.14. The Bertz CT molecular complexity index is 1260. The van der Waals surface area contributed by atoms with Crippen molar-refractivity contribution in [1.29, 1.82) is 0 Å². The fraction of sp³-hybridized carbons (Fsp3) is 0.125. The zero-order chi connectivity index (χ0) is 19.4. The van der Waals surface area contributed by atoms with Gasteiger partial charge in [-0.25, -0.2) is 16.8 Å². The molecule has 0 unspecified atom stereocenters. The summed E-state index contributed by atoms with van der Waals surface area (Å²) in [6.07, 6.45) is 0. The lowest BCUT2D eigenvalue weighted by Crippen LogP contribution is -1.95. The van der Waals surface area contributed by atoms with Crippen molar-refractivity contribution in [2.75, 3.05) is 0 Å². The molecule has 0 N–H and O–H groups in total. The maximum absolute atomic E-state index is 11.7. The molecule has 0 radical (unpaired) electrons. The molecule has 138 valence electrons. The maximum atomic E-state index is 11.7. The Morgan fingerprint density at radius 1 is 0.846 bits per heavy atom. The summed E-state index contributed by atoms with van der Waals surface area (Å²) < 4.78 is 52.5. The summed E-state index contributed by atoms with van der Waals surface area (Å²) in [4.78, 5) is -0.137. The van der Waals surface area contributed by atoms with E-state index in [-0.39, 0.29) is 20.6 Å². The van der Waals surface area contributed by atoms with Crippen LogP contribution < -0.4 is 0 Å². The van der Waals surface area contributed by atoms with Gasteiger partial charge in [-0.05, 0) is 43.2 Å². The number of aryl methyl sites for hydroxylation is 2. The van der Waals surface area contributed by atoms with Gasteiger partial charge < -0.3 is 4.42 Å². The van der Waals surface area contributed by atoms with E-state index in [0.717, 1.165) is 0 Å². The maximum Gasteiger partial charge on any atom is 0.261 e. The normalized spacial score (nSPS) is 12.7. The van der Waals surface area contributed by atoms with E-state index in [4.69, 9.17) is 37.4 Å². The number of rotatable bonds is 3. The number of hydrogen-bond donors (Lipinski definition) is 0. The van der Waals surface area contributed by atoms with Gasteiger partial charge in [-0.15, -0.1) is 0 Å². The van der Waals surface area contributed by atoms with E-state index in [1.54, 1.807) is 26.0 Å². The third kappa shape index (κ3) is 3.46. The lowest BCUT2D eigenvalue weighted by Gasteiger charge is -2.04. The van der Waals surface area contributed by atoms with Gasteiger partial charge in [-0.3, -0.25) is 0 Å². The molecule has 26 heavy (non-hydrogen) atoms. The molecule has 0 amide bonds. The lowest BCUT2D eigenvalue weighted by molar-refractivity contribution is 0.607. The van der Waals surface area contributed by atoms with Crippen LogP contribution in [-0.4, -0.2) is 16.8 Å². The van der Waals surface area contributed by atoms with Crippen LogP contribution in [0.3, 0.4) is 0 Å². The van der Waals surface area contributed by atoms with E-state index in [2.05, 4.69) is 0 Å². The zero-order valence-corrected chi connectivity index (χ0v) is 17.3. The summed E-state index contributed by atoms with van der Waals surface area (Å²) in [5.74, 6) is 0.201. The van der Waals surface area contributed by atoms with E-state index in [1.807, 2.05) is 0 Å². The molecule has 3 aromatic rings. The van der Waals surface area contributed by atoms with E-state index in [1.165, 1.54) is 18.2 Å². The van der Waals surface area contributed by atoms with Crippen LogP contribution in [0.4, 0.5) is 0 Å². The van der Waals surface area contributed by atoms with Gasteiger partial charge in [0.1, 0.15) is 5.58 Å². The van der Waals surface area contributed by atoms with Crippen LogP contribution in [0.5, 0.6) is 0 Å². The minimum atomic E-state index is -3.95. The van der Waals surface area contributed by atoms with Gasteiger partial charge in [-0.2, -0.15) is 0 Å². The first-order valence-corrected chi connectivity index (χ1v) is 12.1. The van der Waals surface area contributed by atoms with Gasteiger partial charge in [0.25, 0.3) is 18.1 Å². The van der Waals surface area contributed by atoms with Crippen molar-refractivity contribution in [3.8, 4) is 11.3 Å². The second-order valence-corrected chi connectivity index (χ2v) is 11.2. The second-order valence-electron chi connectivity index (χ2n) is 5.72. The molecule has 0 atom stereocenters. The van der Waals surface area contributed by atoms with Crippen molar-refractivity contribution in [3.63, 3.8) is 0 Å². The third-order valence-corrected chi connectivity index (χ3v) is 7.20. The number of hydrogen-bond acceptors (Lipinski definition) is 5. The first-order chi connectivity index (χ1) is 11.9. The Labute approximate surface area is 164 Å². The summed E-state index contributed by atoms with van der Waals surface area (Å²) in [5, 5.41) is 0.491. The molecular formula is C16H11Cl3O5S2. The standard InChI is InChI=1S/C16H11Cl3O5S2/c1-8-3-4-10(6-13(8)25(18,20)21)16-15(17)11-7-14(26(19,22)23)9(2)5-12(11)24-16/h3-7H,1-2H3. The molecule has 5 nitrogen and oxygen atoms in total. The first kappa shape index (κ1) is 19.5. The monoisotopic (exact) mass is 452 g/mol. The van der Waals surface area contributed by atoms with Crippen LogP contribution in [0.2, 0.25) is 5.02 Å². The SMILES string of the molecule is Cc1ccc(-c2oc3cc(C)c(S(=O)(=O)Cl)cc3c2Cl)cc1S(=O)(=O)Cl. The van der Waals surface area contributed by atoms with Gasteiger partial charge in [0.2, 0.25) is 0 Å². The molecule has 2 aromatic carbocycles. The summed E-state index contributed by atoms with van der Waals surface area (Å²) in [6.45, 7) is 3.19. The van der Waals surface area contributed by atoms with Crippen molar-refractivity contribution in [3.05, 3.63) is 46.5 Å². The Kier molecular flexibility index (Phi) is 4.82. The minimum Gasteiger partial charge on any atom is -0.454 e. The Balaban J connectivity index is 2.30. The minimum absolute atomic E-state index is 0.0617. The lowest BCUT2D eigenvalue weighted by atomic mass is 10.1. The van der Waals surface area contributed by atoms with Gasteiger partial charge >= 0.3 is 0 Å². The zero-order valence-electron chi connectivity index (χ0n) is 13.4. The fourth-order valence-electron chi connectivity index (χ4n) is 2.65. The molecule has 1 heterocycles. The predicted molar refractivity (Wildman–Crippen MR) is 102 cm³/mol. The van der Waals surface area contributed by atoms with Crippen molar-refractivity contribution in [1.82, 2.24) is 0 Å². The third-order valence-electron chi connectivity index (χ3n) is 3.90. The van der Waals surface area contributed by atoms with Crippen molar-refractivity contribution < 1.29 is 21.3 Å². The Morgan fingerprint density at radius 2 is 1.42 bits per heavy atom. The molecule has 0 aliphatic heterocycles. The quantitative estimate of drug-likeness (QED) is 0.507. The number of halogens is 3. The van der Waals surface area contributed by atoms with Gasteiger partial charge in [-0.1, -0.05) is 23.7 Å². The molecule has 0 saturated heterocycles. The Hall–Kier alpha value is -1.25. The average Bonchev–Trinajstić information content (AvgIpc) is 2.81. The molecule has 0 aliphatic rings. The highest BCUT2D eigenvalue weighted by Gasteiger charge is 2.22. The molecule has 0 fully saturated rings. The van der Waals surface area contributed by atoms with E-state index < -0.39 is 18.1 Å². The van der Waals surface area contributed by atoms with E-state index in [0.29, 0.717) is 27.7 Å². The number of fused-ring (bicyclic) bond motifs is 1. The molecule has 10 heteroatoms. The second kappa shape index (κ2) is 6.42. The largest absolute Gasteiger partial charge is 0.454 e. The van der Waals surface area contributed by atoms with Crippen LogP contribution in [0.25, 0.3) is 22.3 Å². The van der Waals surface area contributed by atoms with E-state index in [9.17, 15) is 16.8 Å². The van der Waals surface area contributed by atoms with E-state index >= 15 is 0 Å². The molecule has 0 bridgehead atoms. The predicted octanol–water partition coefficient (Wildman–Crippen LogP) is 5.23. The summed E-state index contributed by atoms with van der Waals surface area (Å²) in [7, 11) is 3.00. The molecule has 0 aliphatic carbocycles. The smallest absolute Gasteiger partial charge is 0.261 e. The van der Waals surface area contributed by atoms with Crippen LogP contribution in [0, 0.1) is 13.8 Å². The molecular weight excluding hydrogens is 443 g/mol. The number of furan rings is 1. The average molecular weight is 454 g/mol. The Morgan fingerprint density at radius 3 is 2.00 bits per heavy atom. The van der Waals surface area contributed by atoms with Gasteiger partial charge in [0.15, 0.2) is 5.76 Å². The van der Waals surface area contributed by atoms with Gasteiger partial charge in [0, 0.05) is 32.3 Å². The number of benzene rings is 2. The topological polar surface area (TPSA) is 81.4 Å². The molecule has 0 spiro atoms. The van der Waals surface area contributed by atoms with Crippen molar-refractivity contribution in [2.24, 2.45) is 0 Å². The summed E-state index contributed by atoms with van der Waals surface area (Å²) in [5.41, 5.74) is 1.62. The highest BCUT2D eigenvalue weighted by atomic mass is 35.7. The fourth-order valence-corrected chi connectivity index (χ4v) is 5.36. The van der Waals surface area contributed by atoms with Crippen LogP contribution in [0.1, 0.15) is 11.1 Å². The van der Waals surface area contributed by atoms with Crippen LogP contribution in [0.15, 0.2) is 44.5 Å². The highest BCUT2D eigenvalue weighted by Crippen LogP contribution is 2.40. The first-order valence-electron chi connectivity index (χ1n) is 7.12. The van der Waals surface area contributed by atoms with Crippen molar-refractivity contribution >= 4 is 62.0 Å². The summed E-state index contributed by atoms with van der Waals surface area (Å²) in [6, 6.07) is 7.40. The van der Waals surface area contributed by atoms with Gasteiger partial charge in [0.05, 0.1) is 14.8 Å². The van der Waals surface area contributed by atoms with Crippen LogP contribution in [-0.2, 0) is 18.1 Å². The summed E-state index contributed by atoms with van der Waals surface area (Å²) >= 11 is 6.36. The van der Waals surface area contributed by atoms with Crippen molar-refractivity contribution in [2.45, 2.75) is 23.6 Å².